The summed E-state index contributed by atoms with van der Waals surface area (Å²) in [6, 6.07) is 0. The molecule has 0 aliphatic rings. The van der Waals surface area contributed by atoms with Crippen LogP contribution in [-0.4, -0.2) is 37.7 Å². The van der Waals surface area contributed by atoms with Crippen molar-refractivity contribution in [2.24, 2.45) is 0 Å². The lowest BCUT2D eigenvalue weighted by molar-refractivity contribution is -0.331. The molecule has 122 valence electrons. The Morgan fingerprint density at radius 1 is 0.800 bits per heavy atom. The molecule has 0 saturated carbocycles. The first-order valence-corrected chi connectivity index (χ1v) is 8.69. The van der Waals surface area contributed by atoms with Gasteiger partial charge in [0.25, 0.3) is 0 Å². The molecule has 0 rings (SSSR count). The molecule has 0 radical (unpaired) electrons. The van der Waals surface area contributed by atoms with Crippen LogP contribution >= 0.6 is 7.60 Å². The topological polar surface area (TPSA) is 63.2 Å². The van der Waals surface area contributed by atoms with Crippen molar-refractivity contribution in [3.63, 3.8) is 0 Å². The van der Waals surface area contributed by atoms with E-state index in [1.165, 1.54) is 0 Å². The SMILES string of the molecule is CCOC(OCC)(OCC)P(=O)(OC(C)C)OC(C)C. The fraction of sp³-hybridized carbons (Fsp3) is 1.00. The predicted octanol–water partition coefficient (Wildman–Crippen LogP) is 3.75. The molecule has 0 aliphatic heterocycles. The maximum atomic E-state index is 13.2. The minimum absolute atomic E-state index is 0.257. The Hall–Kier alpha value is 0.0300. The summed E-state index contributed by atoms with van der Waals surface area (Å²) in [6.45, 7) is 13.1. The Kier molecular flexibility index (Phi) is 9.14. The molecular formula is C13H29O6P. The zero-order valence-corrected chi connectivity index (χ0v) is 14.6. The smallest absolute Gasteiger partial charge is 0.318 e. The first-order valence-electron chi connectivity index (χ1n) is 7.15. The second-order valence-electron chi connectivity index (χ2n) is 4.63. The Labute approximate surface area is 122 Å². The van der Waals surface area contributed by atoms with Crippen molar-refractivity contribution >= 4 is 7.60 Å². The van der Waals surface area contributed by atoms with E-state index in [0.29, 0.717) is 0 Å². The molecule has 0 unspecified atom stereocenters. The van der Waals surface area contributed by atoms with Crippen molar-refractivity contribution in [1.29, 1.82) is 0 Å². The largest absolute Gasteiger partial charge is 0.420 e. The molecule has 7 heteroatoms. The summed E-state index contributed by atoms with van der Waals surface area (Å²) in [5, 5.41) is 0. The van der Waals surface area contributed by atoms with Crippen LogP contribution in [0.25, 0.3) is 0 Å². The molecule has 0 aromatic rings. The van der Waals surface area contributed by atoms with Gasteiger partial charge < -0.3 is 23.3 Å². The van der Waals surface area contributed by atoms with E-state index in [2.05, 4.69) is 0 Å². The Bertz CT molecular complexity index is 274. The third kappa shape index (κ3) is 5.43. The zero-order valence-electron chi connectivity index (χ0n) is 13.7. The number of hydrogen-bond donors (Lipinski definition) is 0. The van der Waals surface area contributed by atoms with Gasteiger partial charge in [-0.25, -0.2) is 0 Å². The minimum Gasteiger partial charge on any atom is -0.318 e. The normalized spacial score (nSPS) is 13.4. The highest BCUT2D eigenvalue weighted by atomic mass is 31.2. The van der Waals surface area contributed by atoms with Crippen molar-refractivity contribution in [3.05, 3.63) is 0 Å². The highest BCUT2D eigenvalue weighted by Gasteiger charge is 2.57. The van der Waals surface area contributed by atoms with Crippen molar-refractivity contribution < 1.29 is 27.8 Å². The highest BCUT2D eigenvalue weighted by Crippen LogP contribution is 2.63. The van der Waals surface area contributed by atoms with E-state index in [-0.39, 0.29) is 32.0 Å². The summed E-state index contributed by atoms with van der Waals surface area (Å²) in [6.07, 6.45) is -0.638. The summed E-state index contributed by atoms with van der Waals surface area (Å²) in [5.74, 6) is 0. The maximum absolute atomic E-state index is 13.2. The maximum Gasteiger partial charge on any atom is 0.420 e. The highest BCUT2D eigenvalue weighted by molar-refractivity contribution is 7.55. The van der Waals surface area contributed by atoms with Crippen LogP contribution < -0.4 is 0 Å². The van der Waals surface area contributed by atoms with Gasteiger partial charge in [-0.05, 0) is 48.5 Å². The molecule has 0 bridgehead atoms. The molecule has 0 saturated heterocycles. The summed E-state index contributed by atoms with van der Waals surface area (Å²) < 4.78 is 40.8. The lowest BCUT2D eigenvalue weighted by Gasteiger charge is -2.38. The molecule has 0 spiro atoms. The third-order valence-electron chi connectivity index (χ3n) is 2.01. The molecule has 0 N–H and O–H groups in total. The first-order chi connectivity index (χ1) is 9.26. The number of ether oxygens (including phenoxy) is 3. The van der Waals surface area contributed by atoms with E-state index in [1.54, 1.807) is 48.5 Å². The average molecular weight is 312 g/mol. The molecule has 0 fully saturated rings. The van der Waals surface area contributed by atoms with Crippen molar-refractivity contribution in [1.82, 2.24) is 0 Å². The monoisotopic (exact) mass is 312 g/mol. The van der Waals surface area contributed by atoms with Crippen LogP contribution in [0.4, 0.5) is 0 Å². The van der Waals surface area contributed by atoms with Gasteiger partial charge in [0.15, 0.2) is 0 Å². The van der Waals surface area contributed by atoms with Crippen molar-refractivity contribution in [2.45, 2.75) is 66.4 Å². The lowest BCUT2D eigenvalue weighted by Crippen LogP contribution is -2.41. The van der Waals surface area contributed by atoms with Crippen LogP contribution in [0.5, 0.6) is 0 Å². The zero-order chi connectivity index (χ0) is 15.8. The molecule has 0 heterocycles. The van der Waals surface area contributed by atoms with Gasteiger partial charge >= 0.3 is 13.3 Å². The fourth-order valence-electron chi connectivity index (χ4n) is 1.62. The summed E-state index contributed by atoms with van der Waals surface area (Å²) in [4.78, 5) is 0. The summed E-state index contributed by atoms with van der Waals surface area (Å²) in [7, 11) is -3.79. The van der Waals surface area contributed by atoms with Crippen molar-refractivity contribution in [2.75, 3.05) is 19.8 Å². The molecule has 0 aromatic heterocycles. The Balaban J connectivity index is 5.62. The second kappa shape index (κ2) is 9.13. The molecule has 0 atom stereocenters. The first kappa shape index (κ1) is 20.0. The molecule has 0 amide bonds. The molecular weight excluding hydrogens is 283 g/mol. The van der Waals surface area contributed by atoms with E-state index >= 15 is 0 Å². The van der Waals surface area contributed by atoms with Gasteiger partial charge in [-0.3, -0.25) is 4.57 Å². The van der Waals surface area contributed by atoms with Gasteiger partial charge in [0, 0.05) is 0 Å². The van der Waals surface area contributed by atoms with Gasteiger partial charge in [-0.15, -0.1) is 0 Å². The summed E-state index contributed by atoms with van der Waals surface area (Å²) >= 11 is 0. The molecule has 20 heavy (non-hydrogen) atoms. The lowest BCUT2D eigenvalue weighted by atomic mass is 10.5. The van der Waals surface area contributed by atoms with Crippen LogP contribution in [0.3, 0.4) is 0 Å². The standard InChI is InChI=1S/C13H29O6P/c1-8-15-13(16-9-2,17-10-3)20(14,18-11(4)5)19-12(6)7/h11-12H,8-10H2,1-7H3. The number of hydrogen-bond acceptors (Lipinski definition) is 6. The third-order valence-corrected chi connectivity index (χ3v) is 4.47. The predicted molar refractivity (Wildman–Crippen MR) is 77.7 cm³/mol. The van der Waals surface area contributed by atoms with Crippen LogP contribution in [0.2, 0.25) is 0 Å². The number of rotatable bonds is 11. The van der Waals surface area contributed by atoms with Crippen molar-refractivity contribution in [3.8, 4) is 0 Å². The van der Waals surface area contributed by atoms with Gasteiger partial charge in [0.2, 0.25) is 0 Å². The molecule has 0 aromatic carbocycles. The van der Waals surface area contributed by atoms with E-state index in [4.69, 9.17) is 23.3 Å². The quantitative estimate of drug-likeness (QED) is 0.428. The van der Waals surface area contributed by atoms with Gasteiger partial charge in [-0.1, -0.05) is 0 Å². The second-order valence-corrected chi connectivity index (χ2v) is 6.59. The van der Waals surface area contributed by atoms with Gasteiger partial charge in [-0.2, -0.15) is 0 Å². The minimum atomic E-state index is -3.79. The molecule has 0 aliphatic carbocycles. The Morgan fingerprint density at radius 2 is 1.10 bits per heavy atom. The van der Waals surface area contributed by atoms with E-state index in [9.17, 15) is 4.57 Å². The van der Waals surface area contributed by atoms with Crippen LogP contribution in [0.15, 0.2) is 0 Å². The molecule has 6 nitrogen and oxygen atoms in total. The van der Waals surface area contributed by atoms with Crippen LogP contribution in [0, 0.1) is 0 Å². The summed E-state index contributed by atoms with van der Waals surface area (Å²) in [5.41, 5.74) is -1.82. The van der Waals surface area contributed by atoms with E-state index in [0.717, 1.165) is 0 Å². The van der Waals surface area contributed by atoms with Crippen LogP contribution in [0.1, 0.15) is 48.5 Å². The van der Waals surface area contributed by atoms with E-state index < -0.39 is 13.3 Å². The van der Waals surface area contributed by atoms with Gasteiger partial charge in [0.1, 0.15) is 0 Å². The Morgan fingerprint density at radius 3 is 1.30 bits per heavy atom. The van der Waals surface area contributed by atoms with E-state index in [1.807, 2.05) is 0 Å². The fourth-order valence-corrected chi connectivity index (χ4v) is 3.90. The van der Waals surface area contributed by atoms with Gasteiger partial charge in [0.05, 0.1) is 32.0 Å². The average Bonchev–Trinajstić information content (AvgIpc) is 2.27. The van der Waals surface area contributed by atoms with Crippen LogP contribution in [-0.2, 0) is 27.8 Å².